The van der Waals surface area contributed by atoms with Gasteiger partial charge in [-0.15, -0.1) is 0 Å². The van der Waals surface area contributed by atoms with Crippen molar-refractivity contribution in [3.63, 3.8) is 0 Å². The number of benzene rings is 1. The maximum atomic E-state index is 12.6. The summed E-state index contributed by atoms with van der Waals surface area (Å²) in [7, 11) is 0. The van der Waals surface area contributed by atoms with Crippen molar-refractivity contribution < 1.29 is 12.3 Å². The molecule has 1 aromatic carbocycles. The maximum Gasteiger partial charge on any atom is 0 e. The van der Waals surface area contributed by atoms with Crippen LogP contribution in [0, 0.1) is 18.4 Å². The predicted molar refractivity (Wildman–Crippen MR) is 74.2 cm³/mol. The Kier molecular flexibility index (Phi) is 4.32. The van der Waals surface area contributed by atoms with Crippen molar-refractivity contribution in [1.29, 1.82) is 0 Å². The first-order chi connectivity index (χ1) is 9.62. The van der Waals surface area contributed by atoms with E-state index in [-0.39, 0.29) is 24.0 Å². The normalized spacial score (nSPS) is 34.7. The third kappa shape index (κ3) is 2.14. The van der Waals surface area contributed by atoms with E-state index >= 15 is 0 Å². The number of carbonyl (C=O) groups excluding carboxylic acids is 1. The zero-order chi connectivity index (χ0) is 14.3. The first-order valence-corrected chi connectivity index (χ1v) is 8.04. The van der Waals surface area contributed by atoms with Crippen LogP contribution in [0.1, 0.15) is 25.6 Å². The summed E-state index contributed by atoms with van der Waals surface area (Å²) in [6.07, 6.45) is -0.308. The van der Waals surface area contributed by atoms with Crippen molar-refractivity contribution in [3.05, 3.63) is 42.5 Å². The smallest absolute Gasteiger partial charge is 0 e. The molecule has 21 heavy (non-hydrogen) atoms. The van der Waals surface area contributed by atoms with E-state index < -0.39 is 5.54 Å². The van der Waals surface area contributed by atoms with Crippen molar-refractivity contribution in [3.8, 4) is 0 Å². The van der Waals surface area contributed by atoms with E-state index in [0.717, 1.165) is 31.1 Å². The summed E-state index contributed by atoms with van der Waals surface area (Å²) in [6.45, 7) is 6.39. The zero-order valence-electron chi connectivity index (χ0n) is 12.2. The molecule has 2 unspecified atom stereocenters. The second-order valence-electron chi connectivity index (χ2n) is 5.56. The number of ether oxygens (including phenoxy) is 1. The minimum atomic E-state index is -0.432. The van der Waals surface area contributed by atoms with Gasteiger partial charge in [0.1, 0.15) is 0 Å². The molecule has 6 heteroatoms. The molecule has 2 fully saturated rings. The third-order valence-electron chi connectivity index (χ3n) is 4.66. The van der Waals surface area contributed by atoms with Gasteiger partial charge in [0.15, 0.2) is 0 Å². The van der Waals surface area contributed by atoms with Crippen molar-refractivity contribution in [1.82, 2.24) is 4.90 Å². The number of fused-ring (bicyclic) bond motifs is 1. The van der Waals surface area contributed by atoms with E-state index in [0.29, 0.717) is 6.61 Å². The summed E-state index contributed by atoms with van der Waals surface area (Å²) >= 11 is 1.02. The molecular formula is C15H17NO3PoRf-. The monoisotopic (exact) mass is 735 g/mol. The number of hydrogen-bond donors (Lipinski definition) is 0. The molecule has 0 bridgehead atoms. The fourth-order valence-electron chi connectivity index (χ4n) is 3.26. The Morgan fingerprint density at radius 2 is 2.05 bits per heavy atom. The van der Waals surface area contributed by atoms with Crippen LogP contribution in [0.3, 0.4) is 0 Å². The van der Waals surface area contributed by atoms with Crippen LogP contribution in [0.2, 0.25) is 0 Å². The van der Waals surface area contributed by atoms with E-state index in [9.17, 15) is 4.79 Å². The second kappa shape index (κ2) is 5.71. The molecule has 2 saturated heterocycles. The molecule has 0 N–H and O–H groups in total. The number of hydrogen-bond acceptors (Lipinski definition) is 3. The summed E-state index contributed by atoms with van der Waals surface area (Å²) < 4.78 is 11.3. The van der Waals surface area contributed by atoms with Gasteiger partial charge in [-0.05, 0) is 0 Å². The van der Waals surface area contributed by atoms with Crippen LogP contribution >= 0.6 is 0 Å². The molecule has 1 aromatic rings. The van der Waals surface area contributed by atoms with Crippen LogP contribution in [-0.2, 0) is 12.3 Å². The molecule has 4 nitrogen and oxygen atoms in total. The second-order valence-corrected chi connectivity index (χ2v) is 6.31. The maximum absolute atomic E-state index is 12.6. The SMILES string of the molecule is CC1[C@@H](C)C(=O)N2C(c3ccccc3)OC[C@@]12[CH-][O][Po].[Rf]. The molecule has 0 aromatic heterocycles. The number of nitrogens with zero attached hydrogens (tertiary/aromatic N) is 1. The van der Waals surface area contributed by atoms with Crippen LogP contribution < -0.4 is 0 Å². The van der Waals surface area contributed by atoms with Crippen molar-refractivity contribution in [2.45, 2.75) is 25.6 Å². The molecular weight excluding hydrogens is 718 g/mol. The van der Waals surface area contributed by atoms with Gasteiger partial charge in [0.05, 0.1) is 0 Å². The Bertz CT molecular complexity index is 515. The van der Waals surface area contributed by atoms with E-state index in [1.807, 2.05) is 42.2 Å². The Balaban J connectivity index is 0.00000161. The first-order valence-electron chi connectivity index (χ1n) is 6.74. The average Bonchev–Trinajstić information content (AvgIpc) is 2.93. The van der Waals surface area contributed by atoms with E-state index in [2.05, 4.69) is 6.92 Å². The van der Waals surface area contributed by atoms with Gasteiger partial charge in [-0.2, -0.15) is 0 Å². The molecule has 2 heterocycles. The molecule has 1 amide bonds. The van der Waals surface area contributed by atoms with Crippen molar-refractivity contribution in [2.24, 2.45) is 11.8 Å². The van der Waals surface area contributed by atoms with Crippen molar-refractivity contribution in [2.75, 3.05) is 6.61 Å². The van der Waals surface area contributed by atoms with Crippen molar-refractivity contribution >= 4 is 31.4 Å². The first kappa shape index (κ1) is 15.9. The Labute approximate surface area is 135 Å². The molecule has 0 aliphatic carbocycles. The molecule has 109 valence electrons. The van der Waals surface area contributed by atoms with Crippen LogP contribution in [-0.4, -0.2) is 48.5 Å². The summed E-state index contributed by atoms with van der Waals surface area (Å²) in [5.41, 5.74) is 0.583. The fraction of sp³-hybridized carbons (Fsp3) is 0.467. The fourth-order valence-corrected chi connectivity index (χ4v) is 3.90. The van der Waals surface area contributed by atoms with Gasteiger partial charge in [-0.1, -0.05) is 0 Å². The quantitative estimate of drug-likeness (QED) is 0.446. The van der Waals surface area contributed by atoms with Gasteiger partial charge < -0.3 is 0 Å². The van der Waals surface area contributed by atoms with Crippen LogP contribution in [0.25, 0.3) is 0 Å². The molecule has 2 aliphatic heterocycles. The topological polar surface area (TPSA) is 38.8 Å². The van der Waals surface area contributed by atoms with Gasteiger partial charge in [0.2, 0.25) is 0 Å². The summed E-state index contributed by atoms with van der Waals surface area (Å²) in [6, 6.07) is 9.90. The molecule has 2 aliphatic rings. The number of amides is 1. The molecule has 0 spiro atoms. The minimum Gasteiger partial charge on any atom is 0 e. The summed E-state index contributed by atoms with van der Waals surface area (Å²) in [5, 5.41) is 0. The third-order valence-corrected chi connectivity index (χ3v) is 5.03. The van der Waals surface area contributed by atoms with Gasteiger partial charge in [-0.3, -0.25) is 0 Å². The largest absolute Gasteiger partial charge is 0 e. The van der Waals surface area contributed by atoms with E-state index in [4.69, 9.17) is 7.51 Å². The van der Waals surface area contributed by atoms with Crippen LogP contribution in [0.5, 0.6) is 0 Å². The number of rotatable bonds is 3. The standard InChI is InChI=1S/C15H17NO3.Po.Rf/c1-10-11(2)15(8-17)9-19-14(16(15)13(10)18)12-6-4-3-5-7-12;;/h3-8,10-11,14H,9H2,1-2H3;;/q-2;+1;/t10-,11?,14?,15+;;/m1../s1. The predicted octanol–water partition coefficient (Wildman–Crippen LogP) is 1.83. The summed E-state index contributed by atoms with van der Waals surface area (Å²) in [4.78, 5) is 14.5. The van der Waals surface area contributed by atoms with E-state index in [1.54, 1.807) is 6.61 Å². The average molecular weight is 735 g/mol. The zero-order valence-corrected chi connectivity index (χ0v) is 21.8. The number of carbonyl (C=O) groups is 1. The minimum absolute atomic E-state index is 0. The van der Waals surface area contributed by atoms with Gasteiger partial charge in [-0.25, -0.2) is 0 Å². The molecule has 1 radical (unpaired) electrons. The summed E-state index contributed by atoms with van der Waals surface area (Å²) in [5.74, 6) is 0.321. The molecule has 0 saturated carbocycles. The van der Waals surface area contributed by atoms with Crippen LogP contribution in [0.4, 0.5) is 0 Å². The Morgan fingerprint density at radius 1 is 1.38 bits per heavy atom. The molecule has 4 atom stereocenters. The van der Waals surface area contributed by atoms with Crippen LogP contribution in [0.15, 0.2) is 30.3 Å². The van der Waals surface area contributed by atoms with Gasteiger partial charge >= 0.3 is 135 Å². The van der Waals surface area contributed by atoms with Gasteiger partial charge in [0.25, 0.3) is 0 Å². The molecule has 3 rings (SSSR count). The Hall–Kier alpha value is -1.49. The Morgan fingerprint density at radius 3 is 2.67 bits per heavy atom. The van der Waals surface area contributed by atoms with E-state index in [1.165, 1.54) is 0 Å². The van der Waals surface area contributed by atoms with Gasteiger partial charge in [0, 0.05) is 0 Å².